The van der Waals surface area contributed by atoms with E-state index in [9.17, 15) is 16.8 Å². The van der Waals surface area contributed by atoms with Crippen molar-refractivity contribution >= 4 is 20.0 Å². The van der Waals surface area contributed by atoms with Crippen LogP contribution in [0.4, 0.5) is 0 Å². The van der Waals surface area contributed by atoms with Crippen LogP contribution in [0.3, 0.4) is 0 Å². The van der Waals surface area contributed by atoms with Gasteiger partial charge in [-0.05, 0) is 38.1 Å². The summed E-state index contributed by atoms with van der Waals surface area (Å²) in [5.41, 5.74) is 0. The minimum Gasteiger partial charge on any atom is -0.317 e. The van der Waals surface area contributed by atoms with Crippen molar-refractivity contribution < 1.29 is 16.8 Å². The van der Waals surface area contributed by atoms with Gasteiger partial charge in [0.2, 0.25) is 20.0 Å². The summed E-state index contributed by atoms with van der Waals surface area (Å²) in [7, 11) is -4.97. The summed E-state index contributed by atoms with van der Waals surface area (Å²) in [5.74, 6) is 0. The Kier molecular flexibility index (Phi) is 5.23. The number of hydrogen-bond acceptors (Lipinski definition) is 5. The molecule has 2 N–H and O–H groups in total. The number of rotatable bonds is 5. The van der Waals surface area contributed by atoms with Gasteiger partial charge in [0.05, 0.1) is 0 Å². The smallest absolute Gasteiger partial charge is 0.243 e. The molecule has 0 aliphatic carbocycles. The van der Waals surface area contributed by atoms with Crippen LogP contribution in [0.15, 0.2) is 34.1 Å². The van der Waals surface area contributed by atoms with Gasteiger partial charge >= 0.3 is 0 Å². The van der Waals surface area contributed by atoms with E-state index < -0.39 is 20.0 Å². The Labute approximate surface area is 131 Å². The quantitative estimate of drug-likeness (QED) is 0.780. The SMILES string of the molecule is CN(C)S(=O)(=O)c1ccccc1S(=O)(=O)NC1CCNCC1. The van der Waals surface area contributed by atoms with Crippen LogP contribution in [0.25, 0.3) is 0 Å². The van der Waals surface area contributed by atoms with Gasteiger partial charge in [-0.1, -0.05) is 12.1 Å². The molecule has 1 aliphatic rings. The summed E-state index contributed by atoms with van der Waals surface area (Å²) in [6, 6.07) is 5.49. The summed E-state index contributed by atoms with van der Waals surface area (Å²) in [5, 5.41) is 3.15. The molecule has 0 atom stereocenters. The zero-order valence-electron chi connectivity index (χ0n) is 12.6. The highest BCUT2D eigenvalue weighted by Crippen LogP contribution is 2.23. The summed E-state index contributed by atoms with van der Waals surface area (Å²) in [4.78, 5) is -0.413. The van der Waals surface area contributed by atoms with E-state index in [1.165, 1.54) is 38.4 Å². The molecule has 124 valence electrons. The molecule has 1 heterocycles. The fraction of sp³-hybridized carbons (Fsp3) is 0.538. The molecule has 9 heteroatoms. The molecular formula is C13H21N3O4S2. The lowest BCUT2D eigenvalue weighted by Gasteiger charge is -2.24. The van der Waals surface area contributed by atoms with E-state index in [2.05, 4.69) is 10.0 Å². The van der Waals surface area contributed by atoms with Gasteiger partial charge in [-0.15, -0.1) is 0 Å². The maximum Gasteiger partial charge on any atom is 0.243 e. The Morgan fingerprint density at radius 1 is 1.05 bits per heavy atom. The van der Waals surface area contributed by atoms with Gasteiger partial charge in [-0.3, -0.25) is 0 Å². The number of sulfonamides is 2. The van der Waals surface area contributed by atoms with Crippen molar-refractivity contribution in [2.24, 2.45) is 0 Å². The summed E-state index contributed by atoms with van der Waals surface area (Å²) >= 11 is 0. The Balaban J connectivity index is 2.39. The molecule has 0 aromatic heterocycles. The van der Waals surface area contributed by atoms with Gasteiger partial charge in [-0.2, -0.15) is 0 Å². The highest BCUT2D eigenvalue weighted by Gasteiger charge is 2.29. The Hall–Kier alpha value is -1.00. The molecule has 1 fully saturated rings. The van der Waals surface area contributed by atoms with Gasteiger partial charge in [-0.25, -0.2) is 25.9 Å². The van der Waals surface area contributed by atoms with Gasteiger partial charge < -0.3 is 5.32 Å². The van der Waals surface area contributed by atoms with E-state index in [1.807, 2.05) is 0 Å². The minimum atomic E-state index is -3.89. The predicted octanol–water partition coefficient (Wildman–Crippen LogP) is -0.0328. The maximum atomic E-state index is 12.6. The Morgan fingerprint density at radius 3 is 2.14 bits per heavy atom. The van der Waals surface area contributed by atoms with Crippen LogP contribution in [0.1, 0.15) is 12.8 Å². The Bertz CT molecular complexity index is 723. The van der Waals surface area contributed by atoms with Gasteiger partial charge in [0, 0.05) is 20.1 Å². The third kappa shape index (κ3) is 3.66. The fourth-order valence-corrected chi connectivity index (χ4v) is 5.31. The van der Waals surface area contributed by atoms with Crippen molar-refractivity contribution in [3.8, 4) is 0 Å². The van der Waals surface area contributed by atoms with Crippen LogP contribution in [0.5, 0.6) is 0 Å². The average molecular weight is 347 g/mol. The molecule has 1 saturated heterocycles. The first-order chi connectivity index (χ1) is 10.2. The average Bonchev–Trinajstić information content (AvgIpc) is 2.47. The number of benzene rings is 1. The molecule has 2 rings (SSSR count). The first-order valence-electron chi connectivity index (χ1n) is 7.00. The lowest BCUT2D eigenvalue weighted by molar-refractivity contribution is 0.426. The van der Waals surface area contributed by atoms with Crippen LogP contribution < -0.4 is 10.0 Å². The first-order valence-corrected chi connectivity index (χ1v) is 9.92. The number of hydrogen-bond donors (Lipinski definition) is 2. The topological polar surface area (TPSA) is 95.6 Å². The molecule has 0 spiro atoms. The van der Waals surface area contributed by atoms with Gasteiger partial charge in [0.15, 0.2) is 0 Å². The molecule has 0 amide bonds. The number of piperidine rings is 1. The summed E-state index contributed by atoms with van der Waals surface area (Å²) in [6.45, 7) is 1.48. The van der Waals surface area contributed by atoms with Crippen molar-refractivity contribution in [1.29, 1.82) is 0 Å². The van der Waals surface area contributed by atoms with E-state index in [1.54, 1.807) is 0 Å². The van der Waals surface area contributed by atoms with Crippen LogP contribution >= 0.6 is 0 Å². The van der Waals surface area contributed by atoms with Crippen LogP contribution in [0, 0.1) is 0 Å². The number of nitrogens with zero attached hydrogens (tertiary/aromatic N) is 1. The second kappa shape index (κ2) is 6.63. The van der Waals surface area contributed by atoms with Gasteiger partial charge in [0.1, 0.15) is 9.79 Å². The molecule has 0 bridgehead atoms. The zero-order valence-corrected chi connectivity index (χ0v) is 14.2. The first kappa shape index (κ1) is 17.4. The van der Waals surface area contributed by atoms with Crippen molar-refractivity contribution in [2.75, 3.05) is 27.2 Å². The van der Waals surface area contributed by atoms with E-state index in [4.69, 9.17) is 0 Å². The molecular weight excluding hydrogens is 326 g/mol. The molecule has 22 heavy (non-hydrogen) atoms. The van der Waals surface area contributed by atoms with Crippen LogP contribution in [0.2, 0.25) is 0 Å². The van der Waals surface area contributed by atoms with Crippen LogP contribution in [-0.2, 0) is 20.0 Å². The van der Waals surface area contributed by atoms with E-state index in [0.29, 0.717) is 12.8 Å². The molecule has 7 nitrogen and oxygen atoms in total. The standard InChI is InChI=1S/C13H21N3O4S2/c1-16(2)22(19,20)13-6-4-3-5-12(13)21(17,18)15-11-7-9-14-10-8-11/h3-6,11,14-15H,7-10H2,1-2H3. The largest absolute Gasteiger partial charge is 0.317 e. The molecule has 1 aromatic rings. The molecule has 1 aromatic carbocycles. The van der Waals surface area contributed by atoms with E-state index in [-0.39, 0.29) is 15.8 Å². The monoisotopic (exact) mass is 347 g/mol. The van der Waals surface area contributed by atoms with E-state index >= 15 is 0 Å². The van der Waals surface area contributed by atoms with Gasteiger partial charge in [0.25, 0.3) is 0 Å². The minimum absolute atomic E-state index is 0.179. The van der Waals surface area contributed by atoms with Crippen molar-refractivity contribution in [1.82, 2.24) is 14.3 Å². The zero-order chi connectivity index (χ0) is 16.4. The highest BCUT2D eigenvalue weighted by atomic mass is 32.2. The summed E-state index contributed by atoms with van der Waals surface area (Å²) < 4.78 is 53.4. The van der Waals surface area contributed by atoms with Crippen molar-refractivity contribution in [3.63, 3.8) is 0 Å². The summed E-state index contributed by atoms with van der Waals surface area (Å²) in [6.07, 6.45) is 1.36. The lowest BCUT2D eigenvalue weighted by atomic mass is 10.1. The third-order valence-electron chi connectivity index (χ3n) is 3.56. The fourth-order valence-electron chi connectivity index (χ4n) is 2.30. The van der Waals surface area contributed by atoms with Crippen molar-refractivity contribution in [3.05, 3.63) is 24.3 Å². The predicted molar refractivity (Wildman–Crippen MR) is 83.5 cm³/mol. The third-order valence-corrected chi connectivity index (χ3v) is 7.14. The molecule has 0 radical (unpaired) electrons. The van der Waals surface area contributed by atoms with Crippen molar-refractivity contribution in [2.45, 2.75) is 28.7 Å². The highest BCUT2D eigenvalue weighted by molar-refractivity contribution is 7.92. The molecule has 0 unspecified atom stereocenters. The molecule has 0 saturated carbocycles. The van der Waals surface area contributed by atoms with E-state index in [0.717, 1.165) is 17.4 Å². The number of nitrogens with one attached hydrogen (secondary N) is 2. The van der Waals surface area contributed by atoms with Crippen LogP contribution in [-0.4, -0.2) is 54.4 Å². The molecule has 1 aliphatic heterocycles. The second-order valence-electron chi connectivity index (χ2n) is 5.38. The Morgan fingerprint density at radius 2 is 1.59 bits per heavy atom. The second-order valence-corrected chi connectivity index (χ2v) is 9.18. The lowest BCUT2D eigenvalue weighted by Crippen LogP contribution is -2.43. The maximum absolute atomic E-state index is 12.6. The normalized spacial score (nSPS) is 17.8.